The molecule has 0 aromatic heterocycles. The Labute approximate surface area is 118 Å². The molecule has 0 radical (unpaired) electrons. The average molecular weight is 278 g/mol. The summed E-state index contributed by atoms with van der Waals surface area (Å²) in [5.41, 5.74) is 1.16. The van der Waals surface area contributed by atoms with Gasteiger partial charge in [0.15, 0.2) is 0 Å². The first kappa shape index (κ1) is 15.8. The highest BCUT2D eigenvalue weighted by Gasteiger charge is 2.18. The summed E-state index contributed by atoms with van der Waals surface area (Å²) >= 11 is 0. The third-order valence-corrected chi connectivity index (χ3v) is 3.20. The summed E-state index contributed by atoms with van der Waals surface area (Å²) in [5.74, 6) is 1.30. The Morgan fingerprint density at radius 3 is 2.32 bits per heavy atom. The molecule has 0 aliphatic carbocycles. The molecule has 1 rings (SSSR count). The molecule has 0 saturated carbocycles. The largest absolute Gasteiger partial charge is 0.520 e. The second kappa shape index (κ2) is 7.39. The van der Waals surface area contributed by atoms with Crippen LogP contribution in [0, 0.1) is 5.92 Å². The van der Waals surface area contributed by atoms with Crippen LogP contribution >= 0.6 is 0 Å². The van der Waals surface area contributed by atoms with Crippen LogP contribution in [0.5, 0.6) is 0 Å². The number of benzene rings is 1. The van der Waals surface area contributed by atoms with Gasteiger partial charge < -0.3 is 9.16 Å². The van der Waals surface area contributed by atoms with E-state index in [1.54, 1.807) is 0 Å². The van der Waals surface area contributed by atoms with Gasteiger partial charge in [-0.15, -0.1) is 0 Å². The molecule has 106 valence electrons. The van der Waals surface area contributed by atoms with E-state index in [-0.39, 0.29) is 0 Å². The molecule has 0 saturated heterocycles. The van der Waals surface area contributed by atoms with Gasteiger partial charge in [0.05, 0.1) is 0 Å². The van der Waals surface area contributed by atoms with Crippen LogP contribution in [0.3, 0.4) is 0 Å². The smallest absolute Gasteiger partial charge is 0.261 e. The van der Waals surface area contributed by atoms with Gasteiger partial charge in [0.1, 0.15) is 6.61 Å². The molecule has 1 aromatic rings. The predicted octanol–water partition coefficient (Wildman–Crippen LogP) is 4.94. The summed E-state index contributed by atoms with van der Waals surface area (Å²) in [6.07, 6.45) is 3.06. The van der Waals surface area contributed by atoms with Crippen molar-refractivity contribution in [2.45, 2.75) is 46.5 Å². The first-order chi connectivity index (χ1) is 8.87. The van der Waals surface area contributed by atoms with E-state index in [1.807, 2.05) is 18.2 Å². The summed E-state index contributed by atoms with van der Waals surface area (Å²) in [6.45, 7) is 11.5. The van der Waals surface area contributed by atoms with Gasteiger partial charge in [0.2, 0.25) is 8.32 Å². The van der Waals surface area contributed by atoms with Gasteiger partial charge in [0, 0.05) is 0 Å². The van der Waals surface area contributed by atoms with E-state index >= 15 is 0 Å². The van der Waals surface area contributed by atoms with Crippen LogP contribution in [0.1, 0.15) is 25.8 Å². The molecule has 0 spiro atoms. The zero-order chi connectivity index (χ0) is 14.3. The van der Waals surface area contributed by atoms with Crippen molar-refractivity contribution in [3.05, 3.63) is 47.9 Å². The summed E-state index contributed by atoms with van der Waals surface area (Å²) in [6, 6.07) is 10.2. The van der Waals surface area contributed by atoms with E-state index in [0.29, 0.717) is 18.5 Å². The fourth-order valence-electron chi connectivity index (χ4n) is 1.49. The minimum Gasteiger partial charge on any atom is -0.520 e. The van der Waals surface area contributed by atoms with Gasteiger partial charge in [-0.1, -0.05) is 44.2 Å². The van der Waals surface area contributed by atoms with E-state index in [1.165, 1.54) is 0 Å². The fraction of sp³-hybridized carbons (Fsp3) is 0.500. The minimum atomic E-state index is -1.62. The molecule has 1 aromatic carbocycles. The topological polar surface area (TPSA) is 18.5 Å². The molecule has 0 atom stereocenters. The van der Waals surface area contributed by atoms with Crippen molar-refractivity contribution in [2.75, 3.05) is 0 Å². The summed E-state index contributed by atoms with van der Waals surface area (Å²) in [5, 5.41) is 0. The van der Waals surface area contributed by atoms with Crippen LogP contribution in [0.25, 0.3) is 0 Å². The molecule has 0 bridgehead atoms. The van der Waals surface area contributed by atoms with Crippen molar-refractivity contribution >= 4 is 8.32 Å². The van der Waals surface area contributed by atoms with Gasteiger partial charge >= 0.3 is 0 Å². The third kappa shape index (κ3) is 7.72. The average Bonchev–Trinajstić information content (AvgIpc) is 2.32. The molecule has 0 fully saturated rings. The highest BCUT2D eigenvalue weighted by molar-refractivity contribution is 6.69. The Morgan fingerprint density at radius 1 is 1.16 bits per heavy atom. The number of rotatable bonds is 7. The molecular weight excluding hydrogens is 252 g/mol. The van der Waals surface area contributed by atoms with Crippen molar-refractivity contribution in [3.63, 3.8) is 0 Å². The van der Waals surface area contributed by atoms with E-state index in [9.17, 15) is 0 Å². The Bertz CT molecular complexity index is 391. The zero-order valence-corrected chi connectivity index (χ0v) is 13.8. The van der Waals surface area contributed by atoms with Crippen molar-refractivity contribution in [3.8, 4) is 0 Å². The lowest BCUT2D eigenvalue weighted by molar-refractivity contribution is 0.0902. The van der Waals surface area contributed by atoms with Crippen LogP contribution in [-0.2, 0) is 15.8 Å². The van der Waals surface area contributed by atoms with E-state index < -0.39 is 8.32 Å². The Hall–Kier alpha value is -1.22. The van der Waals surface area contributed by atoms with Crippen molar-refractivity contribution in [1.29, 1.82) is 0 Å². The van der Waals surface area contributed by atoms with Gasteiger partial charge in [-0.3, -0.25) is 0 Å². The minimum absolute atomic E-state index is 0.565. The zero-order valence-electron chi connectivity index (χ0n) is 12.8. The van der Waals surface area contributed by atoms with Crippen molar-refractivity contribution in [1.82, 2.24) is 0 Å². The van der Waals surface area contributed by atoms with Crippen LogP contribution in [0.4, 0.5) is 0 Å². The molecule has 19 heavy (non-hydrogen) atoms. The lowest BCUT2D eigenvalue weighted by atomic mass is 10.1. The molecule has 0 unspecified atom stereocenters. The van der Waals surface area contributed by atoms with E-state index in [4.69, 9.17) is 9.16 Å². The van der Waals surface area contributed by atoms with Gasteiger partial charge in [-0.25, -0.2) is 0 Å². The lowest BCUT2D eigenvalue weighted by Gasteiger charge is -2.22. The number of hydrogen-bond acceptors (Lipinski definition) is 2. The van der Waals surface area contributed by atoms with Gasteiger partial charge in [-0.2, -0.15) is 0 Å². The molecule has 0 aliphatic rings. The van der Waals surface area contributed by atoms with Crippen molar-refractivity contribution < 1.29 is 9.16 Å². The Morgan fingerprint density at radius 2 is 1.79 bits per heavy atom. The second-order valence-electron chi connectivity index (χ2n) is 6.14. The lowest BCUT2D eigenvalue weighted by Crippen LogP contribution is -2.25. The molecule has 3 heteroatoms. The Kier molecular flexibility index (Phi) is 6.16. The molecule has 2 nitrogen and oxygen atoms in total. The number of allylic oxidation sites excluding steroid dienone is 1. The van der Waals surface area contributed by atoms with Crippen LogP contribution < -0.4 is 0 Å². The van der Waals surface area contributed by atoms with E-state index in [0.717, 1.165) is 12.0 Å². The summed E-state index contributed by atoms with van der Waals surface area (Å²) in [7, 11) is -1.62. The van der Waals surface area contributed by atoms with Crippen molar-refractivity contribution in [2.24, 2.45) is 5.92 Å². The molecule has 0 N–H and O–H groups in total. The standard InChI is InChI=1S/C16H26O2Si/c1-14(2)11-12-16(18-19(3,4)5)17-13-15-9-7-6-8-10-15/h6-10,12,14H,11,13H2,1-5H3. The maximum atomic E-state index is 5.99. The number of ether oxygens (including phenoxy) is 1. The maximum Gasteiger partial charge on any atom is 0.261 e. The molecule has 0 aliphatic heterocycles. The monoisotopic (exact) mass is 278 g/mol. The predicted molar refractivity (Wildman–Crippen MR) is 83.2 cm³/mol. The van der Waals surface area contributed by atoms with E-state index in [2.05, 4.69) is 51.7 Å². The molecular formula is C16H26O2Si. The fourth-order valence-corrected chi connectivity index (χ4v) is 2.24. The SMILES string of the molecule is CC(C)CC=C(OCc1ccccc1)O[Si](C)(C)C. The van der Waals surface area contributed by atoms with Crippen LogP contribution in [0.15, 0.2) is 42.4 Å². The quantitative estimate of drug-likeness (QED) is 0.519. The maximum absolute atomic E-state index is 5.99. The highest BCUT2D eigenvalue weighted by Crippen LogP contribution is 2.16. The number of hydrogen-bond donors (Lipinski definition) is 0. The molecule has 0 amide bonds. The first-order valence-corrected chi connectivity index (χ1v) is 10.3. The Balaban J connectivity index is 2.61. The summed E-state index contributed by atoms with van der Waals surface area (Å²) in [4.78, 5) is 0. The first-order valence-electron chi connectivity index (χ1n) is 6.93. The highest BCUT2D eigenvalue weighted by atomic mass is 28.4. The second-order valence-corrected chi connectivity index (χ2v) is 10.6. The molecule has 0 heterocycles. The van der Waals surface area contributed by atoms with Gasteiger partial charge in [0.25, 0.3) is 5.95 Å². The third-order valence-electron chi connectivity index (χ3n) is 2.39. The van der Waals surface area contributed by atoms with Gasteiger partial charge in [-0.05, 0) is 43.6 Å². The van der Waals surface area contributed by atoms with Crippen LogP contribution in [0.2, 0.25) is 19.6 Å². The summed E-state index contributed by atoms with van der Waals surface area (Å²) < 4.78 is 11.8. The van der Waals surface area contributed by atoms with Crippen LogP contribution in [-0.4, -0.2) is 8.32 Å². The normalized spacial score (nSPS) is 12.6.